The van der Waals surface area contributed by atoms with E-state index < -0.39 is 0 Å². The molecule has 1 fully saturated rings. The molecule has 4 rings (SSSR count). The number of carbonyl (C=O) groups excluding carboxylic acids is 1. The molecular weight excluding hydrogens is 312 g/mol. The second-order valence-electron chi connectivity index (χ2n) is 5.98. The van der Waals surface area contributed by atoms with Crippen LogP contribution >= 0.6 is 0 Å². The van der Waals surface area contributed by atoms with Gasteiger partial charge in [0.1, 0.15) is 0 Å². The molecule has 0 radical (unpaired) electrons. The number of ether oxygens (including phenoxy) is 2. The molecule has 1 aromatic carbocycles. The van der Waals surface area contributed by atoms with Crippen molar-refractivity contribution in [3.05, 3.63) is 35.5 Å². The van der Waals surface area contributed by atoms with E-state index in [1.807, 2.05) is 25.1 Å². The molecule has 0 saturated heterocycles. The summed E-state index contributed by atoms with van der Waals surface area (Å²) in [6.07, 6.45) is 2.22. The molecule has 1 saturated carbocycles. The fourth-order valence-corrected chi connectivity index (χ4v) is 2.52. The third-order valence-electron chi connectivity index (χ3n) is 4.07. The van der Waals surface area contributed by atoms with Crippen molar-refractivity contribution in [1.29, 1.82) is 0 Å². The molecular formula is C16H18N4O4. The van der Waals surface area contributed by atoms with Crippen molar-refractivity contribution in [2.75, 3.05) is 6.79 Å². The maximum atomic E-state index is 12.0. The molecule has 1 aliphatic heterocycles. The molecule has 126 valence electrons. The molecule has 0 spiro atoms. The summed E-state index contributed by atoms with van der Waals surface area (Å²) in [6, 6.07) is 5.13. The highest BCUT2D eigenvalue weighted by molar-refractivity contribution is 5.74. The number of nitrogens with zero attached hydrogens (tertiary/aromatic N) is 2. The highest BCUT2D eigenvalue weighted by atomic mass is 16.7. The van der Waals surface area contributed by atoms with Crippen LogP contribution in [0.2, 0.25) is 0 Å². The zero-order valence-corrected chi connectivity index (χ0v) is 13.2. The first kappa shape index (κ1) is 14.8. The van der Waals surface area contributed by atoms with Crippen molar-refractivity contribution in [2.24, 2.45) is 0 Å². The number of rotatable bonds is 5. The SMILES string of the molecule is C[C@@H](NC(=O)NCc1nc(C2CC2)no1)c1ccc2c(c1)OCO2. The summed E-state index contributed by atoms with van der Waals surface area (Å²) in [5, 5.41) is 9.50. The van der Waals surface area contributed by atoms with Crippen molar-refractivity contribution in [3.8, 4) is 11.5 Å². The van der Waals surface area contributed by atoms with Crippen LogP contribution < -0.4 is 20.1 Å². The predicted molar refractivity (Wildman–Crippen MR) is 82.6 cm³/mol. The summed E-state index contributed by atoms with van der Waals surface area (Å²) >= 11 is 0. The molecule has 2 amide bonds. The standard InChI is InChI=1S/C16H18N4O4/c1-9(11-4-5-12-13(6-11)23-8-22-12)18-16(21)17-7-14-19-15(20-24-14)10-2-3-10/h4-6,9-10H,2-3,7-8H2,1H3,(H2,17,18,21)/t9-/m1/s1. The Kier molecular flexibility index (Phi) is 3.72. The zero-order valence-electron chi connectivity index (χ0n) is 13.2. The summed E-state index contributed by atoms with van der Waals surface area (Å²) in [4.78, 5) is 16.3. The number of amides is 2. The fraction of sp³-hybridized carbons (Fsp3) is 0.438. The summed E-state index contributed by atoms with van der Waals surface area (Å²) in [5.41, 5.74) is 0.934. The minimum absolute atomic E-state index is 0.177. The van der Waals surface area contributed by atoms with Gasteiger partial charge in [-0.1, -0.05) is 11.2 Å². The molecule has 0 bridgehead atoms. The number of fused-ring (bicyclic) bond motifs is 1. The average Bonchev–Trinajstić information content (AvgIpc) is 3.14. The maximum absolute atomic E-state index is 12.0. The van der Waals surface area contributed by atoms with Gasteiger partial charge in [-0.3, -0.25) is 0 Å². The van der Waals surface area contributed by atoms with Gasteiger partial charge in [-0.25, -0.2) is 4.79 Å². The topological polar surface area (TPSA) is 98.5 Å². The second kappa shape index (κ2) is 6.03. The Morgan fingerprint density at radius 3 is 3.00 bits per heavy atom. The zero-order chi connectivity index (χ0) is 16.5. The normalized spacial score (nSPS) is 16.7. The van der Waals surface area contributed by atoms with Crippen LogP contribution in [0.15, 0.2) is 22.7 Å². The highest BCUT2D eigenvalue weighted by Gasteiger charge is 2.28. The average molecular weight is 330 g/mol. The van der Waals surface area contributed by atoms with Crippen molar-refractivity contribution >= 4 is 6.03 Å². The summed E-state index contributed by atoms with van der Waals surface area (Å²) in [7, 11) is 0. The smallest absolute Gasteiger partial charge is 0.315 e. The Labute approximate surface area is 138 Å². The number of hydrogen-bond donors (Lipinski definition) is 2. The van der Waals surface area contributed by atoms with Gasteiger partial charge in [-0.15, -0.1) is 0 Å². The number of urea groups is 1. The van der Waals surface area contributed by atoms with E-state index in [1.165, 1.54) is 0 Å². The Hall–Kier alpha value is -2.77. The van der Waals surface area contributed by atoms with E-state index in [-0.39, 0.29) is 25.4 Å². The van der Waals surface area contributed by atoms with E-state index >= 15 is 0 Å². The molecule has 1 atom stereocenters. The van der Waals surface area contributed by atoms with Gasteiger partial charge >= 0.3 is 6.03 Å². The highest BCUT2D eigenvalue weighted by Crippen LogP contribution is 2.38. The predicted octanol–water partition coefficient (Wildman–Crippen LogP) is 2.24. The van der Waals surface area contributed by atoms with Crippen molar-refractivity contribution < 1.29 is 18.8 Å². The number of nitrogens with one attached hydrogen (secondary N) is 2. The molecule has 8 heteroatoms. The maximum Gasteiger partial charge on any atom is 0.315 e. The molecule has 2 N–H and O–H groups in total. The first-order chi connectivity index (χ1) is 11.7. The van der Waals surface area contributed by atoms with Gasteiger partial charge in [0, 0.05) is 5.92 Å². The van der Waals surface area contributed by atoms with Crippen LogP contribution in [-0.2, 0) is 6.54 Å². The van der Waals surface area contributed by atoms with Crippen molar-refractivity contribution in [1.82, 2.24) is 20.8 Å². The van der Waals surface area contributed by atoms with Gasteiger partial charge in [0.2, 0.25) is 12.7 Å². The Morgan fingerprint density at radius 1 is 1.33 bits per heavy atom. The van der Waals surface area contributed by atoms with E-state index in [9.17, 15) is 4.79 Å². The van der Waals surface area contributed by atoms with Crippen LogP contribution in [0.1, 0.15) is 49.0 Å². The Balaban J connectivity index is 1.30. The van der Waals surface area contributed by atoms with E-state index in [2.05, 4.69) is 20.8 Å². The quantitative estimate of drug-likeness (QED) is 0.872. The summed E-state index contributed by atoms with van der Waals surface area (Å²) < 4.78 is 15.8. The molecule has 2 heterocycles. The second-order valence-corrected chi connectivity index (χ2v) is 5.98. The fourth-order valence-electron chi connectivity index (χ4n) is 2.52. The number of aromatic nitrogens is 2. The van der Waals surface area contributed by atoms with Gasteiger partial charge in [-0.2, -0.15) is 4.98 Å². The van der Waals surface area contributed by atoms with Crippen molar-refractivity contribution in [3.63, 3.8) is 0 Å². The van der Waals surface area contributed by atoms with Gasteiger partial charge in [-0.05, 0) is 37.5 Å². The van der Waals surface area contributed by atoms with Crippen LogP contribution in [0.4, 0.5) is 4.79 Å². The van der Waals surface area contributed by atoms with Crippen molar-refractivity contribution in [2.45, 2.75) is 38.3 Å². The third-order valence-corrected chi connectivity index (χ3v) is 4.07. The van der Waals surface area contributed by atoms with Gasteiger partial charge in [0.05, 0.1) is 12.6 Å². The third kappa shape index (κ3) is 3.12. The molecule has 1 aromatic heterocycles. The lowest BCUT2D eigenvalue weighted by Gasteiger charge is -2.15. The number of benzene rings is 1. The Bertz CT molecular complexity index is 756. The molecule has 8 nitrogen and oxygen atoms in total. The molecule has 1 aliphatic carbocycles. The van der Waals surface area contributed by atoms with E-state index in [1.54, 1.807) is 0 Å². The first-order valence-corrected chi connectivity index (χ1v) is 7.95. The number of carbonyl (C=O) groups is 1. The van der Waals surface area contributed by atoms with E-state index in [0.717, 1.165) is 30.0 Å². The molecule has 24 heavy (non-hydrogen) atoms. The van der Waals surface area contributed by atoms with Crippen LogP contribution in [0.5, 0.6) is 11.5 Å². The minimum Gasteiger partial charge on any atom is -0.454 e. The lowest BCUT2D eigenvalue weighted by atomic mass is 10.1. The van der Waals surface area contributed by atoms with Crippen LogP contribution in [0, 0.1) is 0 Å². The van der Waals surface area contributed by atoms with Gasteiger partial charge in [0.15, 0.2) is 17.3 Å². The van der Waals surface area contributed by atoms with E-state index in [0.29, 0.717) is 17.6 Å². The van der Waals surface area contributed by atoms with Crippen LogP contribution in [-0.4, -0.2) is 23.0 Å². The van der Waals surface area contributed by atoms with Gasteiger partial charge in [0.25, 0.3) is 0 Å². The van der Waals surface area contributed by atoms with E-state index in [4.69, 9.17) is 14.0 Å². The minimum atomic E-state index is -0.300. The van der Waals surface area contributed by atoms with Crippen LogP contribution in [0.3, 0.4) is 0 Å². The molecule has 2 aromatic rings. The lowest BCUT2D eigenvalue weighted by Crippen LogP contribution is -2.36. The largest absolute Gasteiger partial charge is 0.454 e. The Morgan fingerprint density at radius 2 is 2.17 bits per heavy atom. The van der Waals surface area contributed by atoms with Crippen LogP contribution in [0.25, 0.3) is 0 Å². The van der Waals surface area contributed by atoms with Gasteiger partial charge < -0.3 is 24.6 Å². The number of hydrogen-bond acceptors (Lipinski definition) is 6. The lowest BCUT2D eigenvalue weighted by molar-refractivity contribution is 0.174. The molecule has 2 aliphatic rings. The summed E-state index contributed by atoms with van der Waals surface area (Å²) in [6.45, 7) is 2.34. The monoisotopic (exact) mass is 330 g/mol. The molecule has 0 unspecified atom stereocenters. The first-order valence-electron chi connectivity index (χ1n) is 7.95. The summed E-state index contributed by atoms with van der Waals surface area (Å²) in [5.74, 6) is 3.00.